The molecule has 0 spiro atoms. The summed E-state index contributed by atoms with van der Waals surface area (Å²) in [7, 11) is 5.62. The molecule has 0 atom stereocenters. The number of carbonyl (C=O) groups is 1. The molecule has 2 aromatic rings. The highest BCUT2D eigenvalue weighted by Crippen LogP contribution is 2.27. The van der Waals surface area contributed by atoms with Crippen molar-refractivity contribution in [3.05, 3.63) is 41.2 Å². The molecule has 0 saturated heterocycles. The van der Waals surface area contributed by atoms with Gasteiger partial charge in [0.1, 0.15) is 11.4 Å². The highest BCUT2D eigenvalue weighted by atomic mass is 16.5. The molecular formula is C19H27N5O2. The molecule has 0 saturated carbocycles. The Bertz CT molecular complexity index is 762. The summed E-state index contributed by atoms with van der Waals surface area (Å²) in [6, 6.07) is 7.48. The van der Waals surface area contributed by atoms with Crippen LogP contribution < -0.4 is 15.4 Å². The summed E-state index contributed by atoms with van der Waals surface area (Å²) in [5.41, 5.74) is 2.90. The third-order valence-electron chi connectivity index (χ3n) is 3.76. The van der Waals surface area contributed by atoms with Gasteiger partial charge in [0, 0.05) is 12.2 Å². The summed E-state index contributed by atoms with van der Waals surface area (Å²) in [5.74, 6) is 0.858. The first-order chi connectivity index (χ1) is 12.4. The van der Waals surface area contributed by atoms with Crippen LogP contribution in [-0.2, 0) is 0 Å². The van der Waals surface area contributed by atoms with Gasteiger partial charge in [-0.25, -0.2) is 9.97 Å². The number of hydrogen-bond acceptors (Lipinski definition) is 6. The standard InChI is InChI=1S/C19H27N5O2/c1-13-7-8-17(26-5)15(11-13)22-19-21-14(2)12-16(23-19)18(25)20-9-6-10-24(3)4/h7-8,11-12H,6,9-10H2,1-5H3,(H,20,25)(H,21,22,23). The summed E-state index contributed by atoms with van der Waals surface area (Å²) < 4.78 is 5.36. The Hall–Kier alpha value is -2.67. The van der Waals surface area contributed by atoms with E-state index < -0.39 is 0 Å². The van der Waals surface area contributed by atoms with E-state index in [0.717, 1.165) is 24.2 Å². The largest absolute Gasteiger partial charge is 0.495 e. The van der Waals surface area contributed by atoms with Crippen molar-refractivity contribution in [1.82, 2.24) is 20.2 Å². The maximum atomic E-state index is 12.4. The number of ether oxygens (including phenoxy) is 1. The third-order valence-corrected chi connectivity index (χ3v) is 3.76. The normalized spacial score (nSPS) is 10.7. The Morgan fingerprint density at radius 1 is 1.19 bits per heavy atom. The molecule has 140 valence electrons. The average Bonchev–Trinajstić information content (AvgIpc) is 2.58. The number of aromatic nitrogens is 2. The van der Waals surface area contributed by atoms with Crippen LogP contribution in [0.2, 0.25) is 0 Å². The second-order valence-electron chi connectivity index (χ2n) is 6.46. The number of rotatable bonds is 8. The second kappa shape index (κ2) is 9.15. The summed E-state index contributed by atoms with van der Waals surface area (Å²) in [6.45, 7) is 5.36. The predicted octanol–water partition coefficient (Wildman–Crippen LogP) is 2.53. The Morgan fingerprint density at radius 2 is 1.96 bits per heavy atom. The van der Waals surface area contributed by atoms with Crippen LogP contribution in [0, 0.1) is 13.8 Å². The number of aryl methyl sites for hydroxylation is 2. The molecule has 0 radical (unpaired) electrons. The lowest BCUT2D eigenvalue weighted by atomic mass is 10.2. The maximum Gasteiger partial charge on any atom is 0.270 e. The van der Waals surface area contributed by atoms with E-state index in [4.69, 9.17) is 4.74 Å². The van der Waals surface area contributed by atoms with E-state index >= 15 is 0 Å². The first kappa shape index (κ1) is 19.7. The van der Waals surface area contributed by atoms with Gasteiger partial charge in [0.15, 0.2) is 0 Å². The predicted molar refractivity (Wildman–Crippen MR) is 103 cm³/mol. The number of benzene rings is 1. The highest BCUT2D eigenvalue weighted by molar-refractivity contribution is 5.92. The van der Waals surface area contributed by atoms with Crippen LogP contribution in [0.25, 0.3) is 0 Å². The van der Waals surface area contributed by atoms with Gasteiger partial charge in [-0.3, -0.25) is 4.79 Å². The molecule has 7 heteroatoms. The fraction of sp³-hybridized carbons (Fsp3) is 0.421. The zero-order valence-electron chi connectivity index (χ0n) is 16.1. The Balaban J connectivity index is 2.12. The van der Waals surface area contributed by atoms with E-state index in [2.05, 4.69) is 25.5 Å². The molecule has 2 N–H and O–H groups in total. The van der Waals surface area contributed by atoms with Crippen molar-refractivity contribution in [2.75, 3.05) is 39.6 Å². The number of carbonyl (C=O) groups excluding carboxylic acids is 1. The van der Waals surface area contributed by atoms with Gasteiger partial charge in [0.05, 0.1) is 12.8 Å². The average molecular weight is 357 g/mol. The van der Waals surface area contributed by atoms with Gasteiger partial charge in [-0.15, -0.1) is 0 Å². The van der Waals surface area contributed by atoms with Crippen molar-refractivity contribution in [3.8, 4) is 5.75 Å². The second-order valence-corrected chi connectivity index (χ2v) is 6.46. The molecule has 0 fully saturated rings. The Kier molecular flexibility index (Phi) is 6.91. The van der Waals surface area contributed by atoms with Crippen LogP contribution in [0.3, 0.4) is 0 Å². The van der Waals surface area contributed by atoms with Gasteiger partial charge in [-0.05, 0) is 64.7 Å². The van der Waals surface area contributed by atoms with E-state index in [9.17, 15) is 4.79 Å². The molecule has 7 nitrogen and oxygen atoms in total. The molecule has 0 unspecified atom stereocenters. The summed E-state index contributed by atoms with van der Waals surface area (Å²) >= 11 is 0. The minimum absolute atomic E-state index is 0.200. The third kappa shape index (κ3) is 5.70. The van der Waals surface area contributed by atoms with Crippen LogP contribution in [0.4, 0.5) is 11.6 Å². The molecule has 0 aliphatic carbocycles. The SMILES string of the molecule is COc1ccc(C)cc1Nc1nc(C)cc(C(=O)NCCCN(C)C)n1. The molecule has 1 aromatic carbocycles. The van der Waals surface area contributed by atoms with Crippen LogP contribution >= 0.6 is 0 Å². The zero-order chi connectivity index (χ0) is 19.1. The Labute approximate surface area is 154 Å². The number of nitrogens with one attached hydrogen (secondary N) is 2. The summed E-state index contributed by atoms with van der Waals surface area (Å²) in [4.78, 5) is 23.2. The van der Waals surface area contributed by atoms with Gasteiger partial charge in [0.2, 0.25) is 5.95 Å². The van der Waals surface area contributed by atoms with Gasteiger partial charge in [-0.1, -0.05) is 6.07 Å². The lowest BCUT2D eigenvalue weighted by Crippen LogP contribution is -2.28. The van der Waals surface area contributed by atoms with Crippen molar-refractivity contribution >= 4 is 17.5 Å². The van der Waals surface area contributed by atoms with Crippen LogP contribution in [-0.4, -0.2) is 55.1 Å². The lowest BCUT2D eigenvalue weighted by molar-refractivity contribution is 0.0947. The molecule has 26 heavy (non-hydrogen) atoms. The molecule has 0 bridgehead atoms. The van der Waals surface area contributed by atoms with Gasteiger partial charge >= 0.3 is 0 Å². The van der Waals surface area contributed by atoms with E-state index in [1.54, 1.807) is 13.2 Å². The van der Waals surface area contributed by atoms with Gasteiger partial charge in [-0.2, -0.15) is 0 Å². The van der Waals surface area contributed by atoms with E-state index in [1.807, 2.05) is 46.1 Å². The molecule has 1 aromatic heterocycles. The Morgan fingerprint density at radius 3 is 2.65 bits per heavy atom. The number of methoxy groups -OCH3 is 1. The number of anilines is 2. The van der Waals surface area contributed by atoms with Gasteiger partial charge in [0.25, 0.3) is 5.91 Å². The van der Waals surface area contributed by atoms with Crippen molar-refractivity contribution < 1.29 is 9.53 Å². The minimum Gasteiger partial charge on any atom is -0.495 e. The van der Waals surface area contributed by atoms with E-state index in [-0.39, 0.29) is 5.91 Å². The highest BCUT2D eigenvalue weighted by Gasteiger charge is 2.12. The monoisotopic (exact) mass is 357 g/mol. The fourth-order valence-electron chi connectivity index (χ4n) is 2.47. The van der Waals surface area contributed by atoms with Crippen LogP contribution in [0.15, 0.2) is 24.3 Å². The topological polar surface area (TPSA) is 79.4 Å². The molecule has 1 amide bonds. The molecule has 0 aliphatic heterocycles. The number of amides is 1. The van der Waals surface area contributed by atoms with Crippen molar-refractivity contribution in [1.29, 1.82) is 0 Å². The van der Waals surface area contributed by atoms with E-state index in [0.29, 0.717) is 29.6 Å². The number of hydrogen-bond donors (Lipinski definition) is 2. The number of nitrogens with zero attached hydrogens (tertiary/aromatic N) is 3. The van der Waals surface area contributed by atoms with E-state index in [1.165, 1.54) is 0 Å². The quantitative estimate of drug-likeness (QED) is 0.707. The lowest BCUT2D eigenvalue weighted by Gasteiger charge is -2.13. The minimum atomic E-state index is -0.200. The summed E-state index contributed by atoms with van der Waals surface area (Å²) in [6.07, 6.45) is 0.883. The molecule has 0 aliphatic rings. The molecular weight excluding hydrogens is 330 g/mol. The van der Waals surface area contributed by atoms with Crippen LogP contribution in [0.5, 0.6) is 5.75 Å². The van der Waals surface area contributed by atoms with Crippen molar-refractivity contribution in [3.63, 3.8) is 0 Å². The smallest absolute Gasteiger partial charge is 0.270 e. The summed E-state index contributed by atoms with van der Waals surface area (Å²) in [5, 5.41) is 6.04. The van der Waals surface area contributed by atoms with Crippen molar-refractivity contribution in [2.24, 2.45) is 0 Å². The van der Waals surface area contributed by atoms with Crippen molar-refractivity contribution in [2.45, 2.75) is 20.3 Å². The fourth-order valence-corrected chi connectivity index (χ4v) is 2.47. The zero-order valence-corrected chi connectivity index (χ0v) is 16.1. The first-order valence-corrected chi connectivity index (χ1v) is 8.59. The first-order valence-electron chi connectivity index (χ1n) is 8.59. The maximum absolute atomic E-state index is 12.4. The van der Waals surface area contributed by atoms with Gasteiger partial charge < -0.3 is 20.3 Å². The molecule has 1 heterocycles. The molecule has 2 rings (SSSR count). The van der Waals surface area contributed by atoms with Crippen LogP contribution in [0.1, 0.15) is 28.2 Å².